The van der Waals surface area contributed by atoms with E-state index in [1.54, 1.807) is 6.07 Å². The molecule has 0 N–H and O–H groups in total. The second-order valence-electron chi connectivity index (χ2n) is 4.54. The van der Waals surface area contributed by atoms with E-state index in [0.717, 1.165) is 10.9 Å². The number of hydrogen-bond donors (Lipinski definition) is 0. The summed E-state index contributed by atoms with van der Waals surface area (Å²) in [5.41, 5.74) is 1.03. The van der Waals surface area contributed by atoms with Gasteiger partial charge in [0.15, 0.2) is 11.3 Å². The topological polar surface area (TPSA) is 48.7 Å². The maximum atomic E-state index is 11.4. The van der Waals surface area contributed by atoms with Crippen molar-refractivity contribution in [2.75, 3.05) is 7.11 Å². The zero-order valence-corrected chi connectivity index (χ0v) is 11.5. The van der Waals surface area contributed by atoms with Crippen LogP contribution in [0.3, 0.4) is 0 Å². The third-order valence-electron chi connectivity index (χ3n) is 3.15. The van der Waals surface area contributed by atoms with Gasteiger partial charge in [-0.25, -0.2) is 4.79 Å². The highest BCUT2D eigenvalue weighted by molar-refractivity contribution is 5.85. The Morgan fingerprint density at radius 1 is 1.00 bits per heavy atom. The highest BCUT2D eigenvalue weighted by Gasteiger charge is 2.12. The lowest BCUT2D eigenvalue weighted by Crippen LogP contribution is -2.00. The Morgan fingerprint density at radius 3 is 2.52 bits per heavy atom. The van der Waals surface area contributed by atoms with Gasteiger partial charge in [0.25, 0.3) is 0 Å². The molecule has 0 aliphatic heterocycles. The molecule has 3 rings (SSSR count). The number of fused-ring (bicyclic) bond motifs is 1. The van der Waals surface area contributed by atoms with Gasteiger partial charge < -0.3 is 13.9 Å². The Bertz CT molecular complexity index is 806. The van der Waals surface area contributed by atoms with Crippen molar-refractivity contribution in [3.8, 4) is 11.5 Å². The van der Waals surface area contributed by atoms with E-state index in [0.29, 0.717) is 23.7 Å². The largest absolute Gasteiger partial charge is 0.490 e. The molecule has 0 fully saturated rings. The minimum atomic E-state index is -0.416. The van der Waals surface area contributed by atoms with E-state index in [1.807, 2.05) is 42.5 Å². The van der Waals surface area contributed by atoms with Gasteiger partial charge in [-0.15, -0.1) is 0 Å². The lowest BCUT2D eigenvalue weighted by Gasteiger charge is -2.12. The van der Waals surface area contributed by atoms with Gasteiger partial charge >= 0.3 is 5.63 Å². The van der Waals surface area contributed by atoms with E-state index in [4.69, 9.17) is 13.9 Å². The SMILES string of the molecule is COc1c(OCc2ccccc2)ccc2ccc(=O)oc12. The van der Waals surface area contributed by atoms with Crippen molar-refractivity contribution in [1.82, 2.24) is 0 Å². The van der Waals surface area contributed by atoms with Gasteiger partial charge in [0.1, 0.15) is 6.61 Å². The van der Waals surface area contributed by atoms with Crippen LogP contribution in [0.4, 0.5) is 0 Å². The second kappa shape index (κ2) is 5.71. The lowest BCUT2D eigenvalue weighted by atomic mass is 10.2. The summed E-state index contributed by atoms with van der Waals surface area (Å²) in [5.74, 6) is 0.976. The first-order valence-electron chi connectivity index (χ1n) is 6.55. The van der Waals surface area contributed by atoms with Crippen LogP contribution in [0.1, 0.15) is 5.56 Å². The Kier molecular flexibility index (Phi) is 3.60. The fourth-order valence-electron chi connectivity index (χ4n) is 2.13. The first kappa shape index (κ1) is 13.2. The summed E-state index contributed by atoms with van der Waals surface area (Å²) < 4.78 is 16.3. The van der Waals surface area contributed by atoms with Crippen molar-refractivity contribution in [2.24, 2.45) is 0 Å². The van der Waals surface area contributed by atoms with E-state index in [-0.39, 0.29) is 0 Å². The first-order valence-corrected chi connectivity index (χ1v) is 6.55. The van der Waals surface area contributed by atoms with Crippen LogP contribution in [0.25, 0.3) is 11.0 Å². The standard InChI is InChI=1S/C17H14O4/c1-19-17-14(20-11-12-5-3-2-4-6-12)9-7-13-8-10-15(18)21-16(13)17/h2-10H,11H2,1H3. The Morgan fingerprint density at radius 2 is 1.76 bits per heavy atom. The van der Waals surface area contributed by atoms with Gasteiger partial charge in [0, 0.05) is 11.5 Å². The molecule has 2 aromatic carbocycles. The Labute approximate surface area is 121 Å². The highest BCUT2D eigenvalue weighted by Crippen LogP contribution is 2.35. The van der Waals surface area contributed by atoms with Crippen LogP contribution in [0, 0.1) is 0 Å². The molecule has 4 heteroatoms. The molecule has 0 unspecified atom stereocenters. The fourth-order valence-corrected chi connectivity index (χ4v) is 2.13. The minimum Gasteiger partial charge on any atom is -0.490 e. The van der Waals surface area contributed by atoms with E-state index in [2.05, 4.69) is 0 Å². The maximum absolute atomic E-state index is 11.4. The molecular weight excluding hydrogens is 268 g/mol. The van der Waals surface area contributed by atoms with E-state index in [9.17, 15) is 4.79 Å². The van der Waals surface area contributed by atoms with Gasteiger partial charge in [-0.2, -0.15) is 0 Å². The van der Waals surface area contributed by atoms with Gasteiger partial charge in [-0.05, 0) is 23.8 Å². The molecule has 0 bridgehead atoms. The van der Waals surface area contributed by atoms with Crippen molar-refractivity contribution in [1.29, 1.82) is 0 Å². The summed E-state index contributed by atoms with van der Waals surface area (Å²) in [5, 5.41) is 0.790. The van der Waals surface area contributed by atoms with E-state index in [1.165, 1.54) is 13.2 Å². The molecule has 4 nitrogen and oxygen atoms in total. The number of benzene rings is 2. The molecule has 1 aromatic heterocycles. The average molecular weight is 282 g/mol. The van der Waals surface area contributed by atoms with E-state index < -0.39 is 5.63 Å². The maximum Gasteiger partial charge on any atom is 0.336 e. The molecule has 0 saturated carbocycles. The zero-order valence-electron chi connectivity index (χ0n) is 11.5. The molecule has 0 radical (unpaired) electrons. The predicted molar refractivity (Wildman–Crippen MR) is 79.8 cm³/mol. The number of ether oxygens (including phenoxy) is 2. The summed E-state index contributed by atoms with van der Waals surface area (Å²) in [7, 11) is 1.52. The molecule has 3 aromatic rings. The normalized spacial score (nSPS) is 10.5. The van der Waals surface area contributed by atoms with E-state index >= 15 is 0 Å². The summed E-state index contributed by atoms with van der Waals surface area (Å²) in [6.45, 7) is 0.416. The van der Waals surface area contributed by atoms with Gasteiger partial charge in [-0.1, -0.05) is 30.3 Å². The van der Waals surface area contributed by atoms with Crippen molar-refractivity contribution < 1.29 is 13.9 Å². The zero-order chi connectivity index (χ0) is 14.7. The number of hydrogen-bond acceptors (Lipinski definition) is 4. The molecular formula is C17H14O4. The molecule has 0 aliphatic rings. The van der Waals surface area contributed by atoms with Crippen LogP contribution in [0.2, 0.25) is 0 Å². The van der Waals surface area contributed by atoms with Crippen LogP contribution < -0.4 is 15.1 Å². The molecule has 21 heavy (non-hydrogen) atoms. The third kappa shape index (κ3) is 2.74. The van der Waals surface area contributed by atoms with Crippen LogP contribution in [-0.2, 0) is 6.61 Å². The van der Waals surface area contributed by atoms with Crippen molar-refractivity contribution in [3.05, 3.63) is 70.6 Å². The fraction of sp³-hybridized carbons (Fsp3) is 0.118. The summed E-state index contributed by atoms with van der Waals surface area (Å²) in [4.78, 5) is 11.4. The second-order valence-corrected chi connectivity index (χ2v) is 4.54. The number of rotatable bonds is 4. The van der Waals surface area contributed by atoms with Crippen molar-refractivity contribution in [3.63, 3.8) is 0 Å². The minimum absolute atomic E-state index is 0.399. The summed E-state index contributed by atoms with van der Waals surface area (Å²) in [6, 6.07) is 16.5. The molecule has 1 heterocycles. The van der Waals surface area contributed by atoms with Gasteiger partial charge in [-0.3, -0.25) is 0 Å². The quantitative estimate of drug-likeness (QED) is 0.688. The lowest BCUT2D eigenvalue weighted by molar-refractivity contribution is 0.284. The summed E-state index contributed by atoms with van der Waals surface area (Å²) >= 11 is 0. The molecule has 0 saturated heterocycles. The predicted octanol–water partition coefficient (Wildman–Crippen LogP) is 3.38. The van der Waals surface area contributed by atoms with Crippen LogP contribution in [-0.4, -0.2) is 7.11 Å². The highest BCUT2D eigenvalue weighted by atomic mass is 16.5. The van der Waals surface area contributed by atoms with Gasteiger partial charge in [0.05, 0.1) is 7.11 Å². The third-order valence-corrected chi connectivity index (χ3v) is 3.15. The Balaban J connectivity index is 1.96. The van der Waals surface area contributed by atoms with Crippen LogP contribution in [0.15, 0.2) is 63.8 Å². The average Bonchev–Trinajstić information content (AvgIpc) is 2.53. The van der Waals surface area contributed by atoms with Crippen LogP contribution in [0.5, 0.6) is 11.5 Å². The molecule has 0 spiro atoms. The Hall–Kier alpha value is -2.75. The molecule has 0 atom stereocenters. The molecule has 0 amide bonds. The number of methoxy groups -OCH3 is 1. The molecule has 106 valence electrons. The first-order chi connectivity index (χ1) is 10.3. The molecule has 0 aliphatic carbocycles. The van der Waals surface area contributed by atoms with Crippen molar-refractivity contribution >= 4 is 11.0 Å². The smallest absolute Gasteiger partial charge is 0.336 e. The van der Waals surface area contributed by atoms with Gasteiger partial charge in [0.2, 0.25) is 5.75 Å². The monoisotopic (exact) mass is 282 g/mol. The summed E-state index contributed by atoms with van der Waals surface area (Å²) in [6.07, 6.45) is 0. The van der Waals surface area contributed by atoms with Crippen LogP contribution >= 0.6 is 0 Å². The van der Waals surface area contributed by atoms with Crippen molar-refractivity contribution in [2.45, 2.75) is 6.61 Å².